The minimum absolute atomic E-state index is 0.218. The number of benzene rings is 1. The molecule has 0 radical (unpaired) electrons. The Hall–Kier alpha value is -1.95. The van der Waals surface area contributed by atoms with Gasteiger partial charge in [-0.3, -0.25) is 5.10 Å². The fraction of sp³-hybridized carbons (Fsp3) is 0.467. The number of rotatable bonds is 4. The molecule has 0 aliphatic carbocycles. The highest BCUT2D eigenvalue weighted by atomic mass is 19.1. The Balaban J connectivity index is 1.62. The van der Waals surface area contributed by atoms with Gasteiger partial charge >= 0.3 is 0 Å². The van der Waals surface area contributed by atoms with E-state index in [0.717, 1.165) is 43.3 Å². The number of H-pyrrole nitrogens is 1. The molecule has 3 rings (SSSR count). The van der Waals surface area contributed by atoms with E-state index in [1.807, 2.05) is 7.05 Å². The molecule has 1 aliphatic rings. The standard InChI is InChI=1S/C15H20FN5/c1-17-13-6-8-21(9-7-13)15-18-14(19-20-15)10-11-2-4-12(16)5-3-11/h2-5,13,17H,6-10H2,1H3,(H,18,19,20). The van der Waals surface area contributed by atoms with Crippen LogP contribution in [0.2, 0.25) is 0 Å². The van der Waals surface area contributed by atoms with Crippen LogP contribution in [0.1, 0.15) is 24.2 Å². The number of aromatic nitrogens is 3. The first-order valence-corrected chi connectivity index (χ1v) is 7.32. The Labute approximate surface area is 123 Å². The number of hydrogen-bond acceptors (Lipinski definition) is 4. The van der Waals surface area contributed by atoms with Gasteiger partial charge in [0, 0.05) is 25.6 Å². The maximum Gasteiger partial charge on any atom is 0.244 e. The lowest BCUT2D eigenvalue weighted by Gasteiger charge is -2.30. The zero-order valence-electron chi connectivity index (χ0n) is 12.1. The van der Waals surface area contributed by atoms with Crippen LogP contribution in [0.15, 0.2) is 24.3 Å². The van der Waals surface area contributed by atoms with Crippen LogP contribution in [0.25, 0.3) is 0 Å². The van der Waals surface area contributed by atoms with Gasteiger partial charge < -0.3 is 10.2 Å². The fourth-order valence-corrected chi connectivity index (χ4v) is 2.67. The molecule has 0 saturated carbocycles. The van der Waals surface area contributed by atoms with Gasteiger partial charge in [0.2, 0.25) is 5.95 Å². The molecule has 21 heavy (non-hydrogen) atoms. The monoisotopic (exact) mass is 289 g/mol. The Kier molecular flexibility index (Phi) is 4.15. The van der Waals surface area contributed by atoms with Crippen molar-refractivity contribution in [2.75, 3.05) is 25.0 Å². The van der Waals surface area contributed by atoms with E-state index in [1.54, 1.807) is 12.1 Å². The first kappa shape index (κ1) is 14.0. The van der Waals surface area contributed by atoms with Crippen molar-refractivity contribution >= 4 is 5.95 Å². The van der Waals surface area contributed by atoms with Crippen LogP contribution in [0, 0.1) is 5.82 Å². The minimum atomic E-state index is -0.218. The topological polar surface area (TPSA) is 56.8 Å². The van der Waals surface area contributed by atoms with Gasteiger partial charge in [0.25, 0.3) is 0 Å². The largest absolute Gasteiger partial charge is 0.339 e. The van der Waals surface area contributed by atoms with Crippen LogP contribution in [-0.2, 0) is 6.42 Å². The summed E-state index contributed by atoms with van der Waals surface area (Å²) < 4.78 is 12.9. The van der Waals surface area contributed by atoms with Gasteiger partial charge in [0.05, 0.1) is 0 Å². The van der Waals surface area contributed by atoms with Crippen molar-refractivity contribution in [1.82, 2.24) is 20.5 Å². The van der Waals surface area contributed by atoms with Crippen molar-refractivity contribution < 1.29 is 4.39 Å². The fourth-order valence-electron chi connectivity index (χ4n) is 2.67. The molecule has 2 aromatic rings. The van der Waals surface area contributed by atoms with Crippen molar-refractivity contribution in [3.05, 3.63) is 41.5 Å². The average molecular weight is 289 g/mol. The number of anilines is 1. The van der Waals surface area contributed by atoms with Gasteiger partial charge in [-0.25, -0.2) is 4.39 Å². The molecular formula is C15H20FN5. The highest BCUT2D eigenvalue weighted by Crippen LogP contribution is 2.16. The molecule has 1 saturated heterocycles. The van der Waals surface area contributed by atoms with Crippen LogP contribution in [0.5, 0.6) is 0 Å². The van der Waals surface area contributed by atoms with Crippen molar-refractivity contribution in [2.45, 2.75) is 25.3 Å². The molecule has 0 spiro atoms. The third-order valence-electron chi connectivity index (χ3n) is 3.99. The summed E-state index contributed by atoms with van der Waals surface area (Å²) in [6.07, 6.45) is 2.86. The molecule has 1 aromatic heterocycles. The van der Waals surface area contributed by atoms with Crippen LogP contribution in [0.3, 0.4) is 0 Å². The number of aromatic amines is 1. The van der Waals surface area contributed by atoms with E-state index < -0.39 is 0 Å². The molecule has 2 N–H and O–H groups in total. The third-order valence-corrected chi connectivity index (χ3v) is 3.99. The maximum atomic E-state index is 12.9. The molecule has 5 nitrogen and oxygen atoms in total. The van der Waals surface area contributed by atoms with Crippen molar-refractivity contribution in [2.24, 2.45) is 0 Å². The Morgan fingerprint density at radius 2 is 2.00 bits per heavy atom. The van der Waals surface area contributed by atoms with Gasteiger partial charge in [-0.15, -0.1) is 5.10 Å². The summed E-state index contributed by atoms with van der Waals surface area (Å²) in [7, 11) is 2.01. The van der Waals surface area contributed by atoms with Gasteiger partial charge in [-0.1, -0.05) is 12.1 Å². The maximum absolute atomic E-state index is 12.9. The summed E-state index contributed by atoms with van der Waals surface area (Å²) >= 11 is 0. The van der Waals surface area contributed by atoms with Crippen LogP contribution in [-0.4, -0.2) is 41.4 Å². The summed E-state index contributed by atoms with van der Waals surface area (Å²) in [5.41, 5.74) is 1.02. The number of hydrogen-bond donors (Lipinski definition) is 2. The van der Waals surface area contributed by atoms with Gasteiger partial charge in [0.1, 0.15) is 11.6 Å². The summed E-state index contributed by atoms with van der Waals surface area (Å²) in [4.78, 5) is 6.75. The smallest absolute Gasteiger partial charge is 0.244 e. The Morgan fingerprint density at radius 1 is 1.29 bits per heavy atom. The normalized spacial score (nSPS) is 16.4. The van der Waals surface area contributed by atoms with Gasteiger partial charge in [0.15, 0.2) is 0 Å². The van der Waals surface area contributed by atoms with E-state index in [2.05, 4.69) is 25.4 Å². The second kappa shape index (κ2) is 6.22. The third kappa shape index (κ3) is 3.39. The predicted octanol–water partition coefficient (Wildman–Crippen LogP) is 1.72. The molecule has 0 bridgehead atoms. The molecule has 1 fully saturated rings. The summed E-state index contributed by atoms with van der Waals surface area (Å²) in [5, 5.41) is 10.6. The molecular weight excluding hydrogens is 269 g/mol. The Bertz CT molecular complexity index is 572. The van der Waals surface area contributed by atoms with Crippen molar-refractivity contribution in [1.29, 1.82) is 0 Å². The summed E-state index contributed by atoms with van der Waals surface area (Å²) in [5.74, 6) is 1.36. The minimum Gasteiger partial charge on any atom is -0.339 e. The quantitative estimate of drug-likeness (QED) is 0.900. The number of nitrogens with one attached hydrogen (secondary N) is 2. The average Bonchev–Trinajstić information content (AvgIpc) is 2.98. The zero-order valence-corrected chi connectivity index (χ0v) is 12.1. The van der Waals surface area contributed by atoms with Crippen LogP contribution < -0.4 is 10.2 Å². The molecule has 1 aliphatic heterocycles. The van der Waals surface area contributed by atoms with E-state index >= 15 is 0 Å². The molecule has 6 heteroatoms. The van der Waals surface area contributed by atoms with E-state index in [-0.39, 0.29) is 5.82 Å². The summed E-state index contributed by atoms with van der Waals surface area (Å²) in [6, 6.07) is 7.08. The predicted molar refractivity (Wildman–Crippen MR) is 79.9 cm³/mol. The van der Waals surface area contributed by atoms with Crippen molar-refractivity contribution in [3.8, 4) is 0 Å². The molecule has 0 unspecified atom stereocenters. The first-order valence-electron chi connectivity index (χ1n) is 7.32. The molecule has 112 valence electrons. The number of nitrogens with zero attached hydrogens (tertiary/aromatic N) is 3. The first-order chi connectivity index (χ1) is 10.2. The van der Waals surface area contributed by atoms with E-state index in [1.165, 1.54) is 12.1 Å². The van der Waals surface area contributed by atoms with E-state index in [0.29, 0.717) is 12.5 Å². The molecule has 0 atom stereocenters. The lowest BCUT2D eigenvalue weighted by molar-refractivity contribution is 0.439. The highest BCUT2D eigenvalue weighted by molar-refractivity contribution is 5.30. The van der Waals surface area contributed by atoms with Crippen LogP contribution >= 0.6 is 0 Å². The molecule has 2 heterocycles. The summed E-state index contributed by atoms with van der Waals surface area (Å²) in [6.45, 7) is 1.94. The second-order valence-electron chi connectivity index (χ2n) is 5.44. The van der Waals surface area contributed by atoms with Crippen molar-refractivity contribution in [3.63, 3.8) is 0 Å². The SMILES string of the molecule is CNC1CCN(c2n[nH]c(Cc3ccc(F)cc3)n2)CC1. The highest BCUT2D eigenvalue weighted by Gasteiger charge is 2.20. The van der Waals surface area contributed by atoms with Crippen LogP contribution in [0.4, 0.5) is 10.3 Å². The van der Waals surface area contributed by atoms with Gasteiger partial charge in [-0.05, 0) is 37.6 Å². The lowest BCUT2D eigenvalue weighted by Crippen LogP contribution is -2.41. The van der Waals surface area contributed by atoms with E-state index in [9.17, 15) is 4.39 Å². The Morgan fingerprint density at radius 3 is 2.67 bits per heavy atom. The van der Waals surface area contributed by atoms with Gasteiger partial charge in [-0.2, -0.15) is 4.98 Å². The lowest BCUT2D eigenvalue weighted by atomic mass is 10.1. The zero-order chi connectivity index (χ0) is 14.7. The number of piperidine rings is 1. The molecule has 0 amide bonds. The van der Waals surface area contributed by atoms with E-state index in [4.69, 9.17) is 0 Å². The second-order valence-corrected chi connectivity index (χ2v) is 5.44. The number of halogens is 1. The molecule has 1 aromatic carbocycles.